The molecule has 2 heterocycles. The number of guanidine groups is 1. The molecule has 7 heteroatoms. The lowest BCUT2D eigenvalue weighted by molar-refractivity contribution is 0.215. The zero-order chi connectivity index (χ0) is 18.2. The predicted octanol–water partition coefficient (Wildman–Crippen LogP) is 3.93. The molecule has 0 aliphatic carbocycles. The second kappa shape index (κ2) is 11.3. The van der Waals surface area contributed by atoms with Gasteiger partial charge in [0, 0.05) is 13.1 Å². The van der Waals surface area contributed by atoms with Gasteiger partial charge in [0.15, 0.2) is 5.96 Å². The summed E-state index contributed by atoms with van der Waals surface area (Å²) < 4.78 is 18.7. The summed E-state index contributed by atoms with van der Waals surface area (Å²) in [5.74, 6) is 1.51. The third-order valence-corrected chi connectivity index (χ3v) is 4.59. The van der Waals surface area contributed by atoms with Crippen LogP contribution in [0.5, 0.6) is 0 Å². The van der Waals surface area contributed by atoms with Gasteiger partial charge < -0.3 is 15.1 Å². The van der Waals surface area contributed by atoms with E-state index >= 15 is 0 Å². The number of nitrogens with zero attached hydrogens (tertiary/aromatic N) is 2. The monoisotopic (exact) mass is 486 g/mol. The Labute approximate surface area is 177 Å². The van der Waals surface area contributed by atoms with Gasteiger partial charge in [-0.2, -0.15) is 0 Å². The minimum absolute atomic E-state index is 0. The van der Waals surface area contributed by atoms with Crippen LogP contribution in [0, 0.1) is 5.82 Å². The number of aliphatic imine (C=N–C) groups is 1. The Morgan fingerprint density at radius 1 is 1.19 bits per heavy atom. The highest BCUT2D eigenvalue weighted by atomic mass is 127. The van der Waals surface area contributed by atoms with Crippen molar-refractivity contribution >= 4 is 29.9 Å². The minimum atomic E-state index is -0.227. The topological polar surface area (TPSA) is 52.8 Å². The highest BCUT2D eigenvalue weighted by Crippen LogP contribution is 2.24. The van der Waals surface area contributed by atoms with E-state index < -0.39 is 0 Å². The van der Waals surface area contributed by atoms with Crippen LogP contribution in [-0.4, -0.2) is 37.0 Å². The number of nitrogens with one attached hydrogen (secondary N) is 2. The second-order valence-electron chi connectivity index (χ2n) is 6.48. The molecule has 148 valence electrons. The average molecular weight is 486 g/mol. The van der Waals surface area contributed by atoms with E-state index in [0.717, 1.165) is 43.5 Å². The molecule has 5 nitrogen and oxygen atoms in total. The third kappa shape index (κ3) is 6.49. The van der Waals surface area contributed by atoms with Crippen LogP contribution in [0.3, 0.4) is 0 Å². The maximum Gasteiger partial charge on any atom is 0.191 e. The molecule has 1 aliphatic rings. The van der Waals surface area contributed by atoms with Crippen LogP contribution in [0.2, 0.25) is 0 Å². The molecule has 1 saturated heterocycles. The lowest BCUT2D eigenvalue weighted by atomic mass is 10.2. The van der Waals surface area contributed by atoms with Crippen molar-refractivity contribution in [3.8, 4) is 0 Å². The zero-order valence-electron chi connectivity index (χ0n) is 15.7. The molecule has 3 rings (SSSR count). The van der Waals surface area contributed by atoms with Crippen molar-refractivity contribution in [2.24, 2.45) is 4.99 Å². The number of likely N-dealkylation sites (tertiary alicyclic amines) is 1. The molecule has 0 saturated carbocycles. The fourth-order valence-corrected chi connectivity index (χ4v) is 3.24. The van der Waals surface area contributed by atoms with Crippen LogP contribution < -0.4 is 10.6 Å². The molecule has 0 amide bonds. The van der Waals surface area contributed by atoms with Crippen molar-refractivity contribution in [2.45, 2.75) is 32.4 Å². The van der Waals surface area contributed by atoms with Crippen LogP contribution >= 0.6 is 24.0 Å². The first-order valence-corrected chi connectivity index (χ1v) is 9.30. The average Bonchev–Trinajstić information content (AvgIpc) is 3.35. The highest BCUT2D eigenvalue weighted by molar-refractivity contribution is 14.0. The normalized spacial score (nSPS) is 16.0. The molecule has 1 unspecified atom stereocenters. The van der Waals surface area contributed by atoms with Gasteiger partial charge >= 0.3 is 0 Å². The van der Waals surface area contributed by atoms with E-state index in [1.807, 2.05) is 19.1 Å². The second-order valence-corrected chi connectivity index (χ2v) is 6.48. The smallest absolute Gasteiger partial charge is 0.191 e. The van der Waals surface area contributed by atoms with E-state index in [1.54, 1.807) is 18.4 Å². The molecular weight excluding hydrogens is 458 g/mol. The quantitative estimate of drug-likeness (QED) is 0.354. The largest absolute Gasteiger partial charge is 0.468 e. The Morgan fingerprint density at radius 3 is 2.56 bits per heavy atom. The number of halogens is 2. The summed E-state index contributed by atoms with van der Waals surface area (Å²) >= 11 is 0. The van der Waals surface area contributed by atoms with Crippen molar-refractivity contribution < 1.29 is 8.81 Å². The van der Waals surface area contributed by atoms with Crippen molar-refractivity contribution in [3.05, 3.63) is 59.8 Å². The zero-order valence-corrected chi connectivity index (χ0v) is 18.0. The number of hydrogen-bond donors (Lipinski definition) is 2. The van der Waals surface area contributed by atoms with Gasteiger partial charge in [-0.1, -0.05) is 12.1 Å². The van der Waals surface area contributed by atoms with Gasteiger partial charge in [-0.3, -0.25) is 4.90 Å². The van der Waals surface area contributed by atoms with Crippen LogP contribution in [0.25, 0.3) is 0 Å². The summed E-state index contributed by atoms with van der Waals surface area (Å²) in [6, 6.07) is 10.6. The Morgan fingerprint density at radius 2 is 1.93 bits per heavy atom. The van der Waals surface area contributed by atoms with Gasteiger partial charge in [0.05, 0.1) is 18.8 Å². The molecule has 1 aliphatic heterocycles. The van der Waals surface area contributed by atoms with Gasteiger partial charge in [0.2, 0.25) is 0 Å². The molecule has 2 N–H and O–H groups in total. The van der Waals surface area contributed by atoms with Crippen LogP contribution in [0.15, 0.2) is 52.1 Å². The Bertz CT molecular complexity index is 685. The molecule has 1 atom stereocenters. The van der Waals surface area contributed by atoms with Crippen molar-refractivity contribution in [1.29, 1.82) is 0 Å². The summed E-state index contributed by atoms with van der Waals surface area (Å²) in [4.78, 5) is 7.07. The molecule has 1 fully saturated rings. The summed E-state index contributed by atoms with van der Waals surface area (Å²) in [5.41, 5.74) is 0.978. The lowest BCUT2D eigenvalue weighted by Crippen LogP contribution is -2.42. The Balaban J connectivity index is 0.00000261. The van der Waals surface area contributed by atoms with Crippen molar-refractivity contribution in [1.82, 2.24) is 15.5 Å². The fraction of sp³-hybridized carbons (Fsp3) is 0.450. The highest BCUT2D eigenvalue weighted by Gasteiger charge is 2.25. The number of hydrogen-bond acceptors (Lipinski definition) is 3. The number of benzene rings is 1. The van der Waals surface area contributed by atoms with Crippen LogP contribution in [0.1, 0.15) is 37.1 Å². The van der Waals surface area contributed by atoms with E-state index in [4.69, 9.17) is 4.42 Å². The molecule has 1 aromatic heterocycles. The van der Waals surface area contributed by atoms with Crippen molar-refractivity contribution in [2.75, 3.05) is 26.2 Å². The summed E-state index contributed by atoms with van der Waals surface area (Å²) in [7, 11) is 0. The molecule has 2 aromatic rings. The Kier molecular flexibility index (Phi) is 9.06. The lowest BCUT2D eigenvalue weighted by Gasteiger charge is -2.26. The summed E-state index contributed by atoms with van der Waals surface area (Å²) in [6.45, 7) is 6.24. The first-order valence-electron chi connectivity index (χ1n) is 9.30. The molecule has 0 spiro atoms. The molecule has 27 heavy (non-hydrogen) atoms. The van der Waals surface area contributed by atoms with Gasteiger partial charge in [-0.05, 0) is 62.7 Å². The maximum absolute atomic E-state index is 13.0. The van der Waals surface area contributed by atoms with Crippen LogP contribution in [0.4, 0.5) is 4.39 Å². The summed E-state index contributed by atoms with van der Waals surface area (Å²) in [5, 5.41) is 6.70. The predicted molar refractivity (Wildman–Crippen MR) is 117 cm³/mol. The fourth-order valence-electron chi connectivity index (χ4n) is 3.24. The number of rotatable bonds is 7. The molecular formula is C20H28FIN4O. The number of furan rings is 1. The van der Waals surface area contributed by atoms with Crippen molar-refractivity contribution in [3.63, 3.8) is 0 Å². The van der Waals surface area contributed by atoms with E-state index in [1.165, 1.54) is 25.0 Å². The van der Waals surface area contributed by atoms with Crippen LogP contribution in [-0.2, 0) is 6.54 Å². The maximum atomic E-state index is 13.0. The standard InChI is InChI=1S/C20H27FN4O.HI/c1-2-22-20(23-14-16-7-9-17(21)10-8-16)24-15-18(19-6-5-13-26-19)25-11-3-4-12-25;/h5-10,13,18H,2-4,11-12,14-15H2,1H3,(H2,22,23,24);1H. The van der Waals surface area contributed by atoms with Gasteiger partial charge in [0.1, 0.15) is 11.6 Å². The minimum Gasteiger partial charge on any atom is -0.468 e. The van der Waals surface area contributed by atoms with Gasteiger partial charge in [-0.15, -0.1) is 24.0 Å². The van der Waals surface area contributed by atoms with E-state index in [2.05, 4.69) is 20.5 Å². The van der Waals surface area contributed by atoms with Gasteiger partial charge in [-0.25, -0.2) is 9.38 Å². The first-order chi connectivity index (χ1) is 12.8. The SMILES string of the molecule is CCNC(=NCc1ccc(F)cc1)NCC(c1ccco1)N1CCCC1.I. The first kappa shape index (κ1) is 21.7. The third-order valence-electron chi connectivity index (χ3n) is 4.59. The Hall–Kier alpha value is -1.61. The van der Waals surface area contributed by atoms with E-state index in [-0.39, 0.29) is 35.8 Å². The summed E-state index contributed by atoms with van der Waals surface area (Å²) in [6.07, 6.45) is 4.19. The molecule has 0 bridgehead atoms. The molecule has 1 aromatic carbocycles. The van der Waals surface area contributed by atoms with E-state index in [9.17, 15) is 4.39 Å². The van der Waals surface area contributed by atoms with Gasteiger partial charge in [0.25, 0.3) is 0 Å². The molecule has 0 radical (unpaired) electrons. The van der Waals surface area contributed by atoms with E-state index in [0.29, 0.717) is 6.54 Å².